The SMILES string of the molecule is CN=C(NCc1ccc(Br)c(F)c1)NC1C2CCOC2C1(C)C. The zero-order valence-corrected chi connectivity index (χ0v) is 15.3. The maximum absolute atomic E-state index is 13.6. The highest BCUT2D eigenvalue weighted by Gasteiger charge is 2.59. The van der Waals surface area contributed by atoms with Gasteiger partial charge in [0.15, 0.2) is 5.96 Å². The van der Waals surface area contributed by atoms with Crippen molar-refractivity contribution in [1.82, 2.24) is 10.6 Å². The molecule has 3 unspecified atom stereocenters. The van der Waals surface area contributed by atoms with E-state index in [2.05, 4.69) is 45.4 Å². The lowest BCUT2D eigenvalue weighted by Gasteiger charge is -2.54. The largest absolute Gasteiger partial charge is 0.377 e. The molecule has 1 aliphatic carbocycles. The molecule has 0 aromatic heterocycles. The molecule has 3 rings (SSSR count). The van der Waals surface area contributed by atoms with Gasteiger partial charge in [-0.05, 0) is 40.0 Å². The van der Waals surface area contributed by atoms with Crippen LogP contribution in [0, 0.1) is 17.2 Å². The van der Waals surface area contributed by atoms with Crippen molar-refractivity contribution < 1.29 is 9.13 Å². The van der Waals surface area contributed by atoms with Crippen LogP contribution in [0.2, 0.25) is 0 Å². The zero-order chi connectivity index (χ0) is 16.6. The van der Waals surface area contributed by atoms with Gasteiger partial charge in [-0.25, -0.2) is 4.39 Å². The first-order valence-electron chi connectivity index (χ1n) is 7.96. The summed E-state index contributed by atoms with van der Waals surface area (Å²) < 4.78 is 19.9. The molecule has 4 nitrogen and oxygen atoms in total. The van der Waals surface area contributed by atoms with E-state index in [1.54, 1.807) is 13.1 Å². The van der Waals surface area contributed by atoms with Crippen molar-refractivity contribution >= 4 is 21.9 Å². The Kier molecular flexibility index (Phi) is 4.65. The number of hydrogen-bond donors (Lipinski definition) is 2. The summed E-state index contributed by atoms with van der Waals surface area (Å²) in [6, 6.07) is 5.49. The molecule has 2 aliphatic rings. The molecule has 0 radical (unpaired) electrons. The minimum absolute atomic E-state index is 0.0997. The number of benzene rings is 1. The molecule has 0 bridgehead atoms. The van der Waals surface area contributed by atoms with Crippen molar-refractivity contribution in [3.8, 4) is 0 Å². The Morgan fingerprint density at radius 1 is 1.48 bits per heavy atom. The van der Waals surface area contributed by atoms with E-state index in [0.717, 1.165) is 24.6 Å². The number of guanidine groups is 1. The first-order chi connectivity index (χ1) is 10.9. The van der Waals surface area contributed by atoms with Crippen LogP contribution in [0.15, 0.2) is 27.7 Å². The molecule has 3 atom stereocenters. The van der Waals surface area contributed by atoms with Crippen LogP contribution in [0.25, 0.3) is 0 Å². The average molecular weight is 384 g/mol. The highest BCUT2D eigenvalue weighted by atomic mass is 79.9. The first kappa shape index (κ1) is 16.7. The number of aliphatic imine (C=N–C) groups is 1. The third-order valence-corrected chi connectivity index (χ3v) is 5.70. The fraction of sp³-hybridized carbons (Fsp3) is 0.588. The number of rotatable bonds is 3. The van der Waals surface area contributed by atoms with Gasteiger partial charge in [-0.1, -0.05) is 19.9 Å². The van der Waals surface area contributed by atoms with Crippen LogP contribution in [0.5, 0.6) is 0 Å². The highest BCUT2D eigenvalue weighted by Crippen LogP contribution is 2.52. The molecule has 2 N–H and O–H groups in total. The standard InChI is InChI=1S/C17H23BrFN3O/c1-17(2)14(11-6-7-23-15(11)17)22-16(20-3)21-9-10-4-5-12(18)13(19)8-10/h4-5,8,11,14-15H,6-7,9H2,1-3H3,(H2,20,21,22). The van der Waals surface area contributed by atoms with Gasteiger partial charge >= 0.3 is 0 Å². The molecule has 1 aromatic rings. The summed E-state index contributed by atoms with van der Waals surface area (Å²) in [6.45, 7) is 5.84. The van der Waals surface area contributed by atoms with Crippen molar-refractivity contribution in [1.29, 1.82) is 0 Å². The number of halogens is 2. The predicted octanol–water partition coefficient (Wildman–Crippen LogP) is 3.07. The van der Waals surface area contributed by atoms with Crippen LogP contribution in [0.3, 0.4) is 0 Å². The minimum atomic E-state index is -0.252. The highest BCUT2D eigenvalue weighted by molar-refractivity contribution is 9.10. The molecule has 126 valence electrons. The smallest absolute Gasteiger partial charge is 0.191 e. The van der Waals surface area contributed by atoms with E-state index >= 15 is 0 Å². The van der Waals surface area contributed by atoms with Crippen molar-refractivity contribution in [2.45, 2.75) is 39.0 Å². The monoisotopic (exact) mass is 383 g/mol. The summed E-state index contributed by atoms with van der Waals surface area (Å²) >= 11 is 3.17. The summed E-state index contributed by atoms with van der Waals surface area (Å²) in [5.74, 6) is 1.05. The lowest BCUT2D eigenvalue weighted by molar-refractivity contribution is -0.106. The topological polar surface area (TPSA) is 45.7 Å². The van der Waals surface area contributed by atoms with Gasteiger partial charge in [0.1, 0.15) is 5.82 Å². The molecular formula is C17H23BrFN3O. The Bertz CT molecular complexity index is 620. The quantitative estimate of drug-likeness (QED) is 0.622. The van der Waals surface area contributed by atoms with Crippen LogP contribution >= 0.6 is 15.9 Å². The molecular weight excluding hydrogens is 361 g/mol. The number of nitrogens with one attached hydrogen (secondary N) is 2. The Balaban J connectivity index is 1.59. The minimum Gasteiger partial charge on any atom is -0.377 e. The second-order valence-electron chi connectivity index (χ2n) is 6.86. The fourth-order valence-corrected chi connectivity index (χ4v) is 4.04. The van der Waals surface area contributed by atoms with Crippen LogP contribution in [-0.4, -0.2) is 31.8 Å². The van der Waals surface area contributed by atoms with Crippen molar-refractivity contribution in [3.63, 3.8) is 0 Å². The maximum Gasteiger partial charge on any atom is 0.191 e. The Labute approximate surface area is 145 Å². The van der Waals surface area contributed by atoms with E-state index < -0.39 is 0 Å². The Morgan fingerprint density at radius 2 is 2.26 bits per heavy atom. The molecule has 1 heterocycles. The molecule has 1 saturated heterocycles. The van der Waals surface area contributed by atoms with E-state index in [1.807, 2.05) is 6.07 Å². The number of ether oxygens (including phenoxy) is 1. The van der Waals surface area contributed by atoms with Gasteiger partial charge in [0.05, 0.1) is 10.6 Å². The second kappa shape index (κ2) is 6.40. The first-order valence-corrected chi connectivity index (χ1v) is 8.75. The van der Waals surface area contributed by atoms with Gasteiger partial charge in [0, 0.05) is 37.6 Å². The Hall–Kier alpha value is -1.14. The van der Waals surface area contributed by atoms with Crippen LogP contribution in [-0.2, 0) is 11.3 Å². The lowest BCUT2D eigenvalue weighted by atomic mass is 9.57. The summed E-state index contributed by atoms with van der Waals surface area (Å²) in [5, 5.41) is 6.78. The average Bonchev–Trinajstić information content (AvgIpc) is 2.97. The molecule has 2 fully saturated rings. The molecule has 6 heteroatoms. The van der Waals surface area contributed by atoms with E-state index in [-0.39, 0.29) is 11.2 Å². The fourth-order valence-electron chi connectivity index (χ4n) is 3.79. The maximum atomic E-state index is 13.6. The van der Waals surface area contributed by atoms with E-state index in [0.29, 0.717) is 29.1 Å². The molecule has 0 spiro atoms. The van der Waals surface area contributed by atoms with Gasteiger partial charge in [-0.3, -0.25) is 4.99 Å². The number of hydrogen-bond acceptors (Lipinski definition) is 2. The number of fused-ring (bicyclic) bond motifs is 1. The molecule has 0 amide bonds. The summed E-state index contributed by atoms with van der Waals surface area (Å²) in [4.78, 5) is 4.30. The van der Waals surface area contributed by atoms with Crippen molar-refractivity contribution in [2.75, 3.05) is 13.7 Å². The Morgan fingerprint density at radius 3 is 2.96 bits per heavy atom. The summed E-state index contributed by atoms with van der Waals surface area (Å²) in [7, 11) is 1.76. The molecule has 1 aromatic carbocycles. The molecule has 23 heavy (non-hydrogen) atoms. The van der Waals surface area contributed by atoms with E-state index in [9.17, 15) is 4.39 Å². The van der Waals surface area contributed by atoms with Crippen molar-refractivity contribution in [2.24, 2.45) is 16.3 Å². The number of nitrogens with zero attached hydrogens (tertiary/aromatic N) is 1. The predicted molar refractivity (Wildman–Crippen MR) is 92.9 cm³/mol. The van der Waals surface area contributed by atoms with Gasteiger partial charge in [-0.15, -0.1) is 0 Å². The summed E-state index contributed by atoms with van der Waals surface area (Å²) in [5.41, 5.74) is 0.978. The van der Waals surface area contributed by atoms with Crippen LogP contribution in [0.1, 0.15) is 25.8 Å². The second-order valence-corrected chi connectivity index (χ2v) is 7.72. The molecule has 1 aliphatic heterocycles. The third kappa shape index (κ3) is 3.11. The lowest BCUT2D eigenvalue weighted by Crippen LogP contribution is -2.67. The van der Waals surface area contributed by atoms with E-state index in [4.69, 9.17) is 4.74 Å². The van der Waals surface area contributed by atoms with Gasteiger partial charge < -0.3 is 15.4 Å². The van der Waals surface area contributed by atoms with E-state index in [1.165, 1.54) is 6.07 Å². The third-order valence-electron chi connectivity index (χ3n) is 5.06. The normalized spacial score (nSPS) is 28.9. The van der Waals surface area contributed by atoms with Gasteiger partial charge in [0.2, 0.25) is 0 Å². The van der Waals surface area contributed by atoms with Crippen LogP contribution in [0.4, 0.5) is 4.39 Å². The zero-order valence-electron chi connectivity index (χ0n) is 13.7. The van der Waals surface area contributed by atoms with Gasteiger partial charge in [0.25, 0.3) is 0 Å². The van der Waals surface area contributed by atoms with Gasteiger partial charge in [-0.2, -0.15) is 0 Å². The molecule has 1 saturated carbocycles. The summed E-state index contributed by atoms with van der Waals surface area (Å²) in [6.07, 6.45) is 1.44. The van der Waals surface area contributed by atoms with Crippen molar-refractivity contribution in [3.05, 3.63) is 34.1 Å². The van der Waals surface area contributed by atoms with Crippen LogP contribution < -0.4 is 10.6 Å².